The molecule has 1 fully saturated rings. The smallest absolute Gasteiger partial charge is 0.161 e. The van der Waals surface area contributed by atoms with Gasteiger partial charge in [0.15, 0.2) is 11.5 Å². The predicted molar refractivity (Wildman–Crippen MR) is 104 cm³/mol. The SMILES string of the molecule is COc1cc(CNCC(C)N(C)C2CC2)ccc1OCc1cccs1. The van der Waals surface area contributed by atoms with Gasteiger partial charge in [0.05, 0.1) is 7.11 Å². The van der Waals surface area contributed by atoms with E-state index >= 15 is 0 Å². The molecule has 0 radical (unpaired) electrons. The minimum atomic E-state index is 0.558. The second-order valence-corrected chi connectivity index (χ2v) is 7.76. The number of rotatable bonds is 10. The molecular weight excluding hydrogens is 332 g/mol. The van der Waals surface area contributed by atoms with E-state index in [0.717, 1.165) is 30.6 Å². The monoisotopic (exact) mass is 360 g/mol. The van der Waals surface area contributed by atoms with E-state index in [1.54, 1.807) is 18.4 Å². The van der Waals surface area contributed by atoms with E-state index in [9.17, 15) is 0 Å². The molecule has 1 unspecified atom stereocenters. The maximum atomic E-state index is 5.89. The number of ether oxygens (including phenoxy) is 2. The summed E-state index contributed by atoms with van der Waals surface area (Å²) in [6.45, 7) is 4.69. The van der Waals surface area contributed by atoms with Crippen molar-refractivity contribution >= 4 is 11.3 Å². The molecule has 1 N–H and O–H groups in total. The van der Waals surface area contributed by atoms with Crippen molar-refractivity contribution in [1.29, 1.82) is 0 Å². The minimum Gasteiger partial charge on any atom is -0.493 e. The highest BCUT2D eigenvalue weighted by Gasteiger charge is 2.28. The highest BCUT2D eigenvalue weighted by molar-refractivity contribution is 7.09. The Hall–Kier alpha value is -1.56. The van der Waals surface area contributed by atoms with Crippen molar-refractivity contribution < 1.29 is 9.47 Å². The van der Waals surface area contributed by atoms with Crippen LogP contribution in [0.4, 0.5) is 0 Å². The molecule has 1 aliphatic rings. The summed E-state index contributed by atoms with van der Waals surface area (Å²) in [7, 11) is 3.92. The molecule has 3 rings (SSSR count). The first-order valence-corrected chi connectivity index (χ1v) is 9.80. The summed E-state index contributed by atoms with van der Waals surface area (Å²) in [5.41, 5.74) is 1.21. The molecule has 4 nitrogen and oxygen atoms in total. The molecule has 1 heterocycles. The Morgan fingerprint density at radius 1 is 1.28 bits per heavy atom. The zero-order valence-electron chi connectivity index (χ0n) is 15.3. The fourth-order valence-corrected chi connectivity index (χ4v) is 3.51. The van der Waals surface area contributed by atoms with Crippen LogP contribution in [0.2, 0.25) is 0 Å². The fraction of sp³-hybridized carbons (Fsp3) is 0.500. The number of methoxy groups -OCH3 is 1. The van der Waals surface area contributed by atoms with Crippen LogP contribution >= 0.6 is 11.3 Å². The number of thiophene rings is 1. The Labute approximate surface area is 154 Å². The summed E-state index contributed by atoms with van der Waals surface area (Å²) in [5.74, 6) is 1.58. The molecule has 0 amide bonds. The zero-order valence-corrected chi connectivity index (χ0v) is 16.1. The largest absolute Gasteiger partial charge is 0.493 e. The maximum Gasteiger partial charge on any atom is 0.161 e. The molecule has 0 saturated heterocycles. The molecule has 1 saturated carbocycles. The van der Waals surface area contributed by atoms with Gasteiger partial charge in [-0.25, -0.2) is 0 Å². The average molecular weight is 361 g/mol. The van der Waals surface area contributed by atoms with Gasteiger partial charge < -0.3 is 14.8 Å². The topological polar surface area (TPSA) is 33.7 Å². The van der Waals surface area contributed by atoms with Crippen LogP contribution in [0.25, 0.3) is 0 Å². The molecule has 1 aromatic heterocycles. The van der Waals surface area contributed by atoms with Crippen LogP contribution < -0.4 is 14.8 Å². The van der Waals surface area contributed by atoms with Crippen LogP contribution in [0.1, 0.15) is 30.2 Å². The first-order chi connectivity index (χ1) is 12.2. The predicted octanol–water partition coefficient (Wildman–Crippen LogP) is 3.91. The van der Waals surface area contributed by atoms with Crippen molar-refractivity contribution in [3.8, 4) is 11.5 Å². The third-order valence-corrected chi connectivity index (χ3v) is 5.61. The number of hydrogen-bond donors (Lipinski definition) is 1. The number of hydrogen-bond acceptors (Lipinski definition) is 5. The molecule has 2 aromatic rings. The van der Waals surface area contributed by atoms with E-state index in [-0.39, 0.29) is 0 Å². The highest BCUT2D eigenvalue weighted by Crippen LogP contribution is 2.29. The number of nitrogens with zero attached hydrogens (tertiary/aromatic N) is 1. The van der Waals surface area contributed by atoms with Gasteiger partial charge in [0.25, 0.3) is 0 Å². The normalized spacial score (nSPS) is 15.4. The number of likely N-dealkylation sites (N-methyl/N-ethyl adjacent to an activating group) is 1. The van der Waals surface area contributed by atoms with Gasteiger partial charge in [-0.3, -0.25) is 4.90 Å². The summed E-state index contributed by atoms with van der Waals surface area (Å²) in [5, 5.41) is 5.62. The van der Waals surface area contributed by atoms with E-state index in [2.05, 4.69) is 47.8 Å². The van der Waals surface area contributed by atoms with Gasteiger partial charge in [-0.1, -0.05) is 12.1 Å². The second kappa shape index (κ2) is 8.70. The van der Waals surface area contributed by atoms with Crippen molar-refractivity contribution in [2.45, 2.75) is 45.0 Å². The Morgan fingerprint density at radius 3 is 2.80 bits per heavy atom. The van der Waals surface area contributed by atoms with Crippen LogP contribution in [-0.4, -0.2) is 37.7 Å². The molecule has 1 aromatic carbocycles. The number of nitrogens with one attached hydrogen (secondary N) is 1. The van der Waals surface area contributed by atoms with E-state index in [1.165, 1.54) is 23.3 Å². The third-order valence-electron chi connectivity index (χ3n) is 4.77. The second-order valence-electron chi connectivity index (χ2n) is 6.73. The number of benzene rings is 1. The molecule has 1 aliphatic carbocycles. The van der Waals surface area contributed by atoms with E-state index < -0.39 is 0 Å². The highest BCUT2D eigenvalue weighted by atomic mass is 32.1. The summed E-state index contributed by atoms with van der Waals surface area (Å²) in [6.07, 6.45) is 2.70. The molecule has 5 heteroatoms. The molecule has 1 atom stereocenters. The lowest BCUT2D eigenvalue weighted by Crippen LogP contribution is -2.38. The summed E-state index contributed by atoms with van der Waals surface area (Å²) < 4.78 is 11.4. The van der Waals surface area contributed by atoms with Crippen LogP contribution in [-0.2, 0) is 13.2 Å². The van der Waals surface area contributed by atoms with Gasteiger partial charge in [0, 0.05) is 30.1 Å². The molecular formula is C20H28N2O2S. The van der Waals surface area contributed by atoms with Crippen molar-refractivity contribution in [1.82, 2.24) is 10.2 Å². The lowest BCUT2D eigenvalue weighted by Gasteiger charge is -2.24. The summed E-state index contributed by atoms with van der Waals surface area (Å²) >= 11 is 1.70. The Bertz CT molecular complexity index is 656. The summed E-state index contributed by atoms with van der Waals surface area (Å²) in [6, 6.07) is 11.6. The average Bonchev–Trinajstić information content (AvgIpc) is 3.35. The van der Waals surface area contributed by atoms with Gasteiger partial charge in [-0.05, 0) is 56.0 Å². The van der Waals surface area contributed by atoms with Gasteiger partial charge in [-0.2, -0.15) is 0 Å². The van der Waals surface area contributed by atoms with Crippen LogP contribution in [0.3, 0.4) is 0 Å². The first kappa shape index (κ1) is 18.2. The maximum absolute atomic E-state index is 5.89. The molecule has 0 spiro atoms. The molecule has 25 heavy (non-hydrogen) atoms. The van der Waals surface area contributed by atoms with Crippen molar-refractivity contribution in [2.24, 2.45) is 0 Å². The van der Waals surface area contributed by atoms with Crippen molar-refractivity contribution in [3.63, 3.8) is 0 Å². The third kappa shape index (κ3) is 5.21. The molecule has 136 valence electrons. The Kier molecular flexibility index (Phi) is 6.34. The van der Waals surface area contributed by atoms with E-state index in [0.29, 0.717) is 12.6 Å². The first-order valence-electron chi connectivity index (χ1n) is 8.92. The van der Waals surface area contributed by atoms with Gasteiger partial charge >= 0.3 is 0 Å². The van der Waals surface area contributed by atoms with Gasteiger partial charge in [0.2, 0.25) is 0 Å². The molecule has 0 aliphatic heterocycles. The standard InChI is InChI=1S/C20H28N2O2S/c1-15(22(2)17-7-8-17)12-21-13-16-6-9-19(20(11-16)23-3)24-14-18-5-4-10-25-18/h4-6,9-11,15,17,21H,7-8,12-14H2,1-3H3. The van der Waals surface area contributed by atoms with Crippen molar-refractivity contribution in [3.05, 3.63) is 46.2 Å². The van der Waals surface area contributed by atoms with E-state index in [1.807, 2.05) is 12.1 Å². The zero-order chi connectivity index (χ0) is 17.6. The van der Waals surface area contributed by atoms with E-state index in [4.69, 9.17) is 9.47 Å². The van der Waals surface area contributed by atoms with Gasteiger partial charge in [-0.15, -0.1) is 11.3 Å². The minimum absolute atomic E-state index is 0.558. The molecule has 0 bridgehead atoms. The Balaban J connectivity index is 1.50. The van der Waals surface area contributed by atoms with Crippen molar-refractivity contribution in [2.75, 3.05) is 20.7 Å². The Morgan fingerprint density at radius 2 is 2.12 bits per heavy atom. The van der Waals surface area contributed by atoms with Crippen LogP contribution in [0, 0.1) is 0 Å². The van der Waals surface area contributed by atoms with Crippen LogP contribution in [0.15, 0.2) is 35.7 Å². The lowest BCUT2D eigenvalue weighted by atomic mass is 10.2. The van der Waals surface area contributed by atoms with Gasteiger partial charge in [0.1, 0.15) is 6.61 Å². The fourth-order valence-electron chi connectivity index (χ4n) is 2.90. The lowest BCUT2D eigenvalue weighted by molar-refractivity contribution is 0.241. The van der Waals surface area contributed by atoms with Crippen LogP contribution in [0.5, 0.6) is 11.5 Å². The summed E-state index contributed by atoms with van der Waals surface area (Å²) in [4.78, 5) is 3.69. The quantitative estimate of drug-likeness (QED) is 0.696.